The Morgan fingerprint density at radius 3 is 2.38 bits per heavy atom. The Labute approximate surface area is 154 Å². The molecule has 1 heterocycles. The number of nitrogens with zero attached hydrogens (tertiary/aromatic N) is 3. The zero-order chi connectivity index (χ0) is 18.7. The maximum atomic E-state index is 12.5. The van der Waals surface area contributed by atoms with E-state index in [0.717, 1.165) is 28.1 Å². The van der Waals surface area contributed by atoms with Gasteiger partial charge in [0.25, 0.3) is 5.91 Å². The van der Waals surface area contributed by atoms with E-state index in [2.05, 4.69) is 39.2 Å². The minimum absolute atomic E-state index is 0.0970. The topological polar surface area (TPSA) is 58.1 Å². The van der Waals surface area contributed by atoms with Crippen molar-refractivity contribution in [3.63, 3.8) is 0 Å². The Balaban J connectivity index is 1.68. The number of aromatic nitrogens is 2. The Kier molecular flexibility index (Phi) is 5.16. The second-order valence-electron chi connectivity index (χ2n) is 6.60. The van der Waals surface area contributed by atoms with Gasteiger partial charge in [0.1, 0.15) is 0 Å². The third kappa shape index (κ3) is 3.82. The predicted molar refractivity (Wildman–Crippen MR) is 106 cm³/mol. The van der Waals surface area contributed by atoms with Gasteiger partial charge in [0, 0.05) is 30.9 Å². The summed E-state index contributed by atoms with van der Waals surface area (Å²) in [6.45, 7) is 6.51. The van der Waals surface area contributed by atoms with Crippen LogP contribution in [0.25, 0.3) is 11.0 Å². The summed E-state index contributed by atoms with van der Waals surface area (Å²) in [5, 5.41) is 3.01. The number of amides is 1. The standard InChI is InChI=1S/C21H24N4O/c1-14(25(4)18-8-6-5-7-9-18)13-22-21(26)17-10-11-19-20(12-17)24-16(3)15(2)23-19/h5-12,14H,13H2,1-4H3,(H,22,26)/t14-/m0/s1. The normalized spacial score (nSPS) is 12.0. The first-order valence-electron chi connectivity index (χ1n) is 8.77. The van der Waals surface area contributed by atoms with E-state index in [1.807, 2.05) is 45.2 Å². The summed E-state index contributed by atoms with van der Waals surface area (Å²) >= 11 is 0. The van der Waals surface area contributed by atoms with Crippen LogP contribution in [0.15, 0.2) is 48.5 Å². The van der Waals surface area contributed by atoms with Crippen LogP contribution in [0.3, 0.4) is 0 Å². The first-order chi connectivity index (χ1) is 12.5. The smallest absolute Gasteiger partial charge is 0.251 e. The van der Waals surface area contributed by atoms with Gasteiger partial charge in [-0.05, 0) is 51.1 Å². The zero-order valence-electron chi connectivity index (χ0n) is 15.7. The fourth-order valence-electron chi connectivity index (χ4n) is 2.77. The van der Waals surface area contributed by atoms with E-state index >= 15 is 0 Å². The average Bonchev–Trinajstić information content (AvgIpc) is 2.66. The van der Waals surface area contributed by atoms with Crippen LogP contribution in [-0.2, 0) is 0 Å². The second kappa shape index (κ2) is 7.52. The number of hydrogen-bond donors (Lipinski definition) is 1. The number of fused-ring (bicyclic) bond motifs is 1. The largest absolute Gasteiger partial charge is 0.370 e. The number of nitrogens with one attached hydrogen (secondary N) is 1. The average molecular weight is 348 g/mol. The van der Waals surface area contributed by atoms with Crippen molar-refractivity contribution in [1.29, 1.82) is 0 Å². The molecule has 5 nitrogen and oxygen atoms in total. The molecule has 0 unspecified atom stereocenters. The molecule has 0 aliphatic heterocycles. The van der Waals surface area contributed by atoms with Crippen molar-refractivity contribution in [1.82, 2.24) is 15.3 Å². The van der Waals surface area contributed by atoms with Crippen molar-refractivity contribution >= 4 is 22.6 Å². The van der Waals surface area contributed by atoms with Crippen LogP contribution in [-0.4, -0.2) is 35.5 Å². The molecular weight excluding hydrogens is 324 g/mol. The lowest BCUT2D eigenvalue weighted by Gasteiger charge is -2.27. The summed E-state index contributed by atoms with van der Waals surface area (Å²) in [7, 11) is 2.03. The molecule has 2 aromatic carbocycles. The van der Waals surface area contributed by atoms with Crippen molar-refractivity contribution in [3.05, 3.63) is 65.5 Å². The van der Waals surface area contributed by atoms with Crippen LogP contribution < -0.4 is 10.2 Å². The molecule has 3 aromatic rings. The number of carbonyl (C=O) groups excluding carboxylic acids is 1. The SMILES string of the molecule is Cc1nc2ccc(C(=O)NC[C@H](C)N(C)c3ccccc3)cc2nc1C. The molecule has 0 saturated heterocycles. The Morgan fingerprint density at radius 2 is 1.69 bits per heavy atom. The van der Waals surface area contributed by atoms with Crippen molar-refractivity contribution < 1.29 is 4.79 Å². The molecule has 0 saturated carbocycles. The van der Waals surface area contributed by atoms with E-state index < -0.39 is 0 Å². The highest BCUT2D eigenvalue weighted by Crippen LogP contribution is 2.15. The van der Waals surface area contributed by atoms with E-state index in [1.165, 1.54) is 0 Å². The van der Waals surface area contributed by atoms with Gasteiger partial charge >= 0.3 is 0 Å². The van der Waals surface area contributed by atoms with E-state index in [-0.39, 0.29) is 11.9 Å². The third-order valence-corrected chi connectivity index (χ3v) is 4.72. The van der Waals surface area contributed by atoms with Gasteiger partial charge in [0.2, 0.25) is 0 Å². The molecule has 0 spiro atoms. The lowest BCUT2D eigenvalue weighted by atomic mass is 10.1. The molecule has 0 fully saturated rings. The van der Waals surface area contributed by atoms with Gasteiger partial charge in [-0.15, -0.1) is 0 Å². The fraction of sp³-hybridized carbons (Fsp3) is 0.286. The summed E-state index contributed by atoms with van der Waals surface area (Å²) in [6.07, 6.45) is 0. The highest BCUT2D eigenvalue weighted by atomic mass is 16.1. The summed E-state index contributed by atoms with van der Waals surface area (Å²) in [5.41, 5.74) is 5.07. The molecular formula is C21H24N4O. The molecule has 5 heteroatoms. The number of aryl methyl sites for hydroxylation is 2. The number of para-hydroxylation sites is 1. The minimum atomic E-state index is -0.0970. The van der Waals surface area contributed by atoms with E-state index in [4.69, 9.17) is 0 Å². The summed E-state index contributed by atoms with van der Waals surface area (Å²) in [6, 6.07) is 15.8. The lowest BCUT2D eigenvalue weighted by Crippen LogP contribution is -2.40. The first kappa shape index (κ1) is 17.9. The monoisotopic (exact) mass is 348 g/mol. The van der Waals surface area contributed by atoms with Gasteiger partial charge in [-0.1, -0.05) is 18.2 Å². The molecule has 1 aromatic heterocycles. The van der Waals surface area contributed by atoms with Crippen molar-refractivity contribution in [2.75, 3.05) is 18.5 Å². The van der Waals surface area contributed by atoms with Crippen molar-refractivity contribution in [3.8, 4) is 0 Å². The van der Waals surface area contributed by atoms with Gasteiger partial charge < -0.3 is 10.2 Å². The van der Waals surface area contributed by atoms with Gasteiger partial charge in [-0.3, -0.25) is 4.79 Å². The van der Waals surface area contributed by atoms with Crippen molar-refractivity contribution in [2.45, 2.75) is 26.8 Å². The van der Waals surface area contributed by atoms with E-state index in [1.54, 1.807) is 12.1 Å². The highest BCUT2D eigenvalue weighted by Gasteiger charge is 2.13. The Hall–Kier alpha value is -2.95. The van der Waals surface area contributed by atoms with Crippen LogP contribution in [0, 0.1) is 13.8 Å². The minimum Gasteiger partial charge on any atom is -0.370 e. The Morgan fingerprint density at radius 1 is 1.04 bits per heavy atom. The number of likely N-dealkylation sites (N-methyl/N-ethyl adjacent to an activating group) is 1. The number of rotatable bonds is 5. The molecule has 0 aliphatic rings. The highest BCUT2D eigenvalue weighted by molar-refractivity contribution is 5.97. The third-order valence-electron chi connectivity index (χ3n) is 4.72. The Bertz CT molecular complexity index is 924. The molecule has 1 N–H and O–H groups in total. The van der Waals surface area contributed by atoms with E-state index in [9.17, 15) is 4.79 Å². The number of hydrogen-bond acceptors (Lipinski definition) is 4. The van der Waals surface area contributed by atoms with Crippen LogP contribution >= 0.6 is 0 Å². The van der Waals surface area contributed by atoms with Gasteiger partial charge in [0.15, 0.2) is 0 Å². The molecule has 0 aliphatic carbocycles. The quantitative estimate of drug-likeness (QED) is 0.767. The number of anilines is 1. The first-order valence-corrected chi connectivity index (χ1v) is 8.77. The molecule has 1 amide bonds. The molecule has 26 heavy (non-hydrogen) atoms. The molecule has 0 radical (unpaired) electrons. The molecule has 134 valence electrons. The summed E-state index contributed by atoms with van der Waals surface area (Å²) in [4.78, 5) is 23.7. The van der Waals surface area contributed by atoms with Gasteiger partial charge in [-0.25, -0.2) is 9.97 Å². The predicted octanol–water partition coefficient (Wildman–Crippen LogP) is 3.50. The van der Waals surface area contributed by atoms with Crippen LogP contribution in [0.4, 0.5) is 5.69 Å². The van der Waals surface area contributed by atoms with Crippen LogP contribution in [0.1, 0.15) is 28.7 Å². The fourth-order valence-corrected chi connectivity index (χ4v) is 2.77. The van der Waals surface area contributed by atoms with Gasteiger partial charge in [-0.2, -0.15) is 0 Å². The van der Waals surface area contributed by atoms with Crippen LogP contribution in [0.2, 0.25) is 0 Å². The summed E-state index contributed by atoms with van der Waals surface area (Å²) < 4.78 is 0. The lowest BCUT2D eigenvalue weighted by molar-refractivity contribution is 0.0952. The summed E-state index contributed by atoms with van der Waals surface area (Å²) in [5.74, 6) is -0.0970. The van der Waals surface area contributed by atoms with Crippen molar-refractivity contribution in [2.24, 2.45) is 0 Å². The molecule has 1 atom stereocenters. The number of benzene rings is 2. The zero-order valence-corrected chi connectivity index (χ0v) is 15.7. The van der Waals surface area contributed by atoms with E-state index in [0.29, 0.717) is 12.1 Å². The number of carbonyl (C=O) groups is 1. The second-order valence-corrected chi connectivity index (χ2v) is 6.60. The van der Waals surface area contributed by atoms with Gasteiger partial charge in [0.05, 0.1) is 22.4 Å². The maximum absolute atomic E-state index is 12.5. The maximum Gasteiger partial charge on any atom is 0.251 e. The van der Waals surface area contributed by atoms with Crippen LogP contribution in [0.5, 0.6) is 0 Å². The molecule has 0 bridgehead atoms. The molecule has 3 rings (SSSR count).